The third kappa shape index (κ3) is 3.59. The maximum atomic E-state index is 13.9. The molecule has 0 aliphatic carbocycles. The van der Waals surface area contributed by atoms with Gasteiger partial charge in [-0.2, -0.15) is 0 Å². The van der Waals surface area contributed by atoms with Gasteiger partial charge in [0.25, 0.3) is 0 Å². The van der Waals surface area contributed by atoms with Gasteiger partial charge in [-0.05, 0) is 36.2 Å². The molecule has 0 aliphatic rings. The molecule has 1 aromatic heterocycles. The van der Waals surface area contributed by atoms with E-state index in [1.165, 1.54) is 21.3 Å². The van der Waals surface area contributed by atoms with E-state index in [0.717, 1.165) is 16.6 Å². The van der Waals surface area contributed by atoms with E-state index in [9.17, 15) is 9.90 Å². The van der Waals surface area contributed by atoms with Crippen LogP contribution in [0.2, 0.25) is 0 Å². The Kier molecular flexibility index (Phi) is 5.88. The summed E-state index contributed by atoms with van der Waals surface area (Å²) in [6.45, 7) is 1.83. The zero-order valence-electron chi connectivity index (χ0n) is 18.5. The number of methoxy groups -OCH3 is 3. The lowest BCUT2D eigenvalue weighted by Gasteiger charge is -2.14. The number of hydrogen-bond donors (Lipinski definition) is 2. The molecule has 0 amide bonds. The van der Waals surface area contributed by atoms with Crippen molar-refractivity contribution >= 4 is 16.7 Å². The molecule has 4 aromatic rings. The van der Waals surface area contributed by atoms with E-state index in [-0.39, 0.29) is 12.4 Å². The minimum Gasteiger partial charge on any atom is -0.493 e. The van der Waals surface area contributed by atoms with E-state index >= 15 is 0 Å². The number of H-pyrrole nitrogens is 1. The van der Waals surface area contributed by atoms with Gasteiger partial charge in [-0.25, -0.2) is 0 Å². The molecule has 0 radical (unpaired) electrons. The van der Waals surface area contributed by atoms with Crippen LogP contribution in [-0.2, 0) is 6.61 Å². The highest BCUT2D eigenvalue weighted by molar-refractivity contribution is 6.21. The lowest BCUT2D eigenvalue weighted by atomic mass is 9.94. The van der Waals surface area contributed by atoms with Crippen molar-refractivity contribution in [1.29, 1.82) is 0 Å². The SMILES string of the molecule is COc1cc(C(=O)c2c(-c3ccc(C)cc3)[nH]c3cccc(CO)c23)cc(OC)c1OC. The summed E-state index contributed by atoms with van der Waals surface area (Å²) in [5, 5.41) is 10.7. The second kappa shape index (κ2) is 8.77. The number of aromatic nitrogens is 1. The average Bonchev–Trinajstić information content (AvgIpc) is 3.22. The van der Waals surface area contributed by atoms with Crippen LogP contribution in [0.5, 0.6) is 17.2 Å². The lowest BCUT2D eigenvalue weighted by molar-refractivity contribution is 0.104. The van der Waals surface area contributed by atoms with Crippen LogP contribution in [-0.4, -0.2) is 37.2 Å². The van der Waals surface area contributed by atoms with Crippen LogP contribution in [0, 0.1) is 6.92 Å². The molecule has 1 heterocycles. The summed E-state index contributed by atoms with van der Waals surface area (Å²) >= 11 is 0. The molecular formula is C26H25NO5. The predicted octanol–water partition coefficient (Wildman–Crippen LogP) is 4.89. The minimum atomic E-state index is -0.216. The number of nitrogens with one attached hydrogen (secondary N) is 1. The standard InChI is InChI=1S/C26H25NO5/c1-15-8-10-16(11-9-15)24-23(22-17(14-28)6-5-7-19(22)27-24)25(29)18-12-20(30-2)26(32-4)21(13-18)31-3/h5-13,27-28H,14H2,1-4H3. The largest absolute Gasteiger partial charge is 0.493 e. The van der Waals surface area contributed by atoms with Crippen LogP contribution in [0.4, 0.5) is 0 Å². The Morgan fingerprint density at radius 1 is 0.938 bits per heavy atom. The first-order chi connectivity index (χ1) is 15.5. The van der Waals surface area contributed by atoms with Gasteiger partial charge in [-0.1, -0.05) is 42.0 Å². The minimum absolute atomic E-state index is 0.182. The van der Waals surface area contributed by atoms with Crippen LogP contribution in [0.25, 0.3) is 22.2 Å². The van der Waals surface area contributed by atoms with Crippen molar-refractivity contribution in [2.45, 2.75) is 13.5 Å². The van der Waals surface area contributed by atoms with Crippen LogP contribution < -0.4 is 14.2 Å². The first-order valence-electron chi connectivity index (χ1n) is 10.2. The molecule has 0 unspecified atom stereocenters. The molecule has 164 valence electrons. The molecule has 4 rings (SSSR count). The molecule has 6 nitrogen and oxygen atoms in total. The topological polar surface area (TPSA) is 80.8 Å². The molecule has 0 saturated carbocycles. The number of carbonyl (C=O) groups is 1. The number of fused-ring (bicyclic) bond motifs is 1. The van der Waals surface area contributed by atoms with E-state index in [1.807, 2.05) is 49.4 Å². The van der Waals surface area contributed by atoms with Crippen LogP contribution in [0.1, 0.15) is 27.0 Å². The first kappa shape index (κ1) is 21.5. The molecule has 3 aromatic carbocycles. The van der Waals surface area contributed by atoms with Gasteiger partial charge in [-0.3, -0.25) is 4.79 Å². The number of ether oxygens (including phenoxy) is 3. The maximum Gasteiger partial charge on any atom is 0.203 e. The number of aliphatic hydroxyl groups is 1. The maximum absolute atomic E-state index is 13.9. The number of rotatable bonds is 7. The summed E-state index contributed by atoms with van der Waals surface area (Å²) < 4.78 is 16.3. The summed E-state index contributed by atoms with van der Waals surface area (Å²) in [6, 6.07) is 16.8. The Hall–Kier alpha value is -3.77. The van der Waals surface area contributed by atoms with Crippen molar-refractivity contribution in [3.8, 4) is 28.5 Å². The normalized spacial score (nSPS) is 10.9. The fraction of sp³-hybridized carbons (Fsp3) is 0.192. The van der Waals surface area contributed by atoms with E-state index < -0.39 is 0 Å². The third-order valence-corrected chi connectivity index (χ3v) is 5.57. The fourth-order valence-corrected chi connectivity index (χ4v) is 3.97. The Morgan fingerprint density at radius 2 is 1.59 bits per heavy atom. The molecule has 6 heteroatoms. The van der Waals surface area contributed by atoms with Crippen molar-refractivity contribution in [2.24, 2.45) is 0 Å². The van der Waals surface area contributed by atoms with E-state index in [2.05, 4.69) is 4.98 Å². The van der Waals surface area contributed by atoms with Crippen molar-refractivity contribution in [3.63, 3.8) is 0 Å². The second-order valence-corrected chi connectivity index (χ2v) is 7.48. The smallest absolute Gasteiger partial charge is 0.203 e. The van der Waals surface area contributed by atoms with Gasteiger partial charge in [0, 0.05) is 16.5 Å². The lowest BCUT2D eigenvalue weighted by Crippen LogP contribution is -2.06. The van der Waals surface area contributed by atoms with Gasteiger partial charge in [0.2, 0.25) is 5.75 Å². The summed E-state index contributed by atoms with van der Waals surface area (Å²) in [5.41, 5.74) is 5.03. The summed E-state index contributed by atoms with van der Waals surface area (Å²) in [4.78, 5) is 17.3. The van der Waals surface area contributed by atoms with Gasteiger partial charge in [0.1, 0.15) is 0 Å². The summed E-state index contributed by atoms with van der Waals surface area (Å²) in [6.07, 6.45) is 0. The van der Waals surface area contributed by atoms with Crippen molar-refractivity contribution in [1.82, 2.24) is 4.98 Å². The predicted molar refractivity (Wildman–Crippen MR) is 124 cm³/mol. The van der Waals surface area contributed by atoms with Crippen molar-refractivity contribution < 1.29 is 24.1 Å². The van der Waals surface area contributed by atoms with Crippen LogP contribution in [0.3, 0.4) is 0 Å². The molecule has 0 saturated heterocycles. The molecule has 0 aliphatic heterocycles. The third-order valence-electron chi connectivity index (χ3n) is 5.57. The number of aryl methyl sites for hydroxylation is 1. The fourth-order valence-electron chi connectivity index (χ4n) is 3.97. The van der Waals surface area contributed by atoms with Crippen molar-refractivity contribution in [2.75, 3.05) is 21.3 Å². The average molecular weight is 431 g/mol. The first-order valence-corrected chi connectivity index (χ1v) is 10.2. The Morgan fingerprint density at radius 3 is 2.16 bits per heavy atom. The van der Waals surface area contributed by atoms with E-state index in [4.69, 9.17) is 14.2 Å². The van der Waals surface area contributed by atoms with Gasteiger partial charge in [-0.15, -0.1) is 0 Å². The van der Waals surface area contributed by atoms with Crippen LogP contribution >= 0.6 is 0 Å². The molecule has 0 bridgehead atoms. The molecule has 32 heavy (non-hydrogen) atoms. The monoisotopic (exact) mass is 431 g/mol. The highest BCUT2D eigenvalue weighted by atomic mass is 16.5. The summed E-state index contributed by atoms with van der Waals surface area (Å²) in [7, 11) is 4.54. The van der Waals surface area contributed by atoms with E-state index in [1.54, 1.807) is 12.1 Å². The molecule has 0 atom stereocenters. The van der Waals surface area contributed by atoms with E-state index in [0.29, 0.717) is 45.0 Å². The molecule has 2 N–H and O–H groups in total. The van der Waals surface area contributed by atoms with Crippen LogP contribution in [0.15, 0.2) is 54.6 Å². The van der Waals surface area contributed by atoms with Gasteiger partial charge >= 0.3 is 0 Å². The summed E-state index contributed by atoms with van der Waals surface area (Å²) in [5.74, 6) is 0.996. The highest BCUT2D eigenvalue weighted by Gasteiger charge is 2.25. The van der Waals surface area contributed by atoms with Crippen molar-refractivity contribution in [3.05, 3.63) is 76.9 Å². The Balaban J connectivity index is 2.00. The Bertz CT molecular complexity index is 1260. The Labute approximate surface area is 186 Å². The number of benzene rings is 3. The zero-order chi connectivity index (χ0) is 22.8. The van der Waals surface area contributed by atoms with Gasteiger partial charge < -0.3 is 24.3 Å². The van der Waals surface area contributed by atoms with Gasteiger partial charge in [0.15, 0.2) is 17.3 Å². The second-order valence-electron chi connectivity index (χ2n) is 7.48. The molecule has 0 fully saturated rings. The quantitative estimate of drug-likeness (QED) is 0.407. The molecule has 0 spiro atoms. The number of carbonyl (C=O) groups excluding carboxylic acids is 1. The number of hydrogen-bond acceptors (Lipinski definition) is 5. The molecular weight excluding hydrogens is 406 g/mol. The zero-order valence-corrected chi connectivity index (χ0v) is 18.5. The number of ketones is 1. The highest BCUT2D eigenvalue weighted by Crippen LogP contribution is 2.40. The number of aliphatic hydroxyl groups excluding tert-OH is 1. The van der Waals surface area contributed by atoms with Gasteiger partial charge in [0.05, 0.1) is 39.2 Å². The number of aromatic amines is 1.